The summed E-state index contributed by atoms with van der Waals surface area (Å²) in [5, 5.41) is 19.6. The van der Waals surface area contributed by atoms with Gasteiger partial charge in [-0.05, 0) is 37.5 Å². The highest BCUT2D eigenvalue weighted by Gasteiger charge is 2.26. The van der Waals surface area contributed by atoms with E-state index in [0.29, 0.717) is 13.1 Å². The molecule has 2 N–H and O–H groups in total. The molecule has 1 unspecified atom stereocenters. The van der Waals surface area contributed by atoms with Gasteiger partial charge in [0.2, 0.25) is 0 Å². The Kier molecular flexibility index (Phi) is 5.71. The summed E-state index contributed by atoms with van der Waals surface area (Å²) in [6.45, 7) is 6.31. The minimum absolute atomic E-state index is 0.189. The molecule has 1 aromatic carbocycles. The summed E-state index contributed by atoms with van der Waals surface area (Å²) < 4.78 is 0. The third kappa shape index (κ3) is 4.37. The normalized spacial score (nSPS) is 23.1. The topological polar surface area (TPSA) is 67.3 Å². The van der Waals surface area contributed by atoms with E-state index in [4.69, 9.17) is 16.7 Å². The maximum atomic E-state index is 11.1. The second-order valence-corrected chi connectivity index (χ2v) is 7.46. The number of aliphatic hydroxyl groups is 1. The highest BCUT2D eigenvalue weighted by molar-refractivity contribution is 6.33. The molecule has 0 saturated carbocycles. The van der Waals surface area contributed by atoms with Crippen molar-refractivity contribution >= 4 is 23.4 Å². The monoisotopic (exact) mass is 367 g/mol. The second kappa shape index (κ2) is 7.81. The minimum Gasteiger partial charge on any atom is -0.465 e. The van der Waals surface area contributed by atoms with Crippen LogP contribution in [-0.4, -0.2) is 71.0 Å². The highest BCUT2D eigenvalue weighted by Crippen LogP contribution is 2.30. The van der Waals surface area contributed by atoms with Gasteiger partial charge >= 0.3 is 6.09 Å². The van der Waals surface area contributed by atoms with E-state index >= 15 is 0 Å². The fourth-order valence-corrected chi connectivity index (χ4v) is 3.88. The second-order valence-electron chi connectivity index (χ2n) is 7.05. The van der Waals surface area contributed by atoms with Crippen molar-refractivity contribution in [3.8, 4) is 0 Å². The molecule has 25 heavy (non-hydrogen) atoms. The van der Waals surface area contributed by atoms with Crippen LogP contribution in [0.1, 0.15) is 25.3 Å². The fourth-order valence-electron chi connectivity index (χ4n) is 3.64. The third-order valence-electron chi connectivity index (χ3n) is 5.24. The number of aliphatic hydroxyl groups excluding tert-OH is 1. The lowest BCUT2D eigenvalue weighted by Crippen LogP contribution is -2.52. The SMILES string of the molecule is CC1CN(C(=O)O)CCN1Cc1ccc(Cl)c(N2CCC(O)CC2)c1. The molecule has 1 atom stereocenters. The number of piperazine rings is 1. The van der Waals surface area contributed by atoms with Crippen LogP contribution in [0.4, 0.5) is 10.5 Å². The van der Waals surface area contributed by atoms with Crippen molar-refractivity contribution in [2.45, 2.75) is 38.5 Å². The van der Waals surface area contributed by atoms with Crippen molar-refractivity contribution in [2.24, 2.45) is 0 Å². The Morgan fingerprint density at radius 2 is 1.96 bits per heavy atom. The summed E-state index contributed by atoms with van der Waals surface area (Å²) in [4.78, 5) is 17.1. The molecule has 2 saturated heterocycles. The first kappa shape index (κ1) is 18.3. The van der Waals surface area contributed by atoms with Crippen LogP contribution < -0.4 is 4.90 Å². The minimum atomic E-state index is -0.840. The van der Waals surface area contributed by atoms with Gasteiger partial charge in [0.05, 0.1) is 16.8 Å². The predicted molar refractivity (Wildman–Crippen MR) is 98.4 cm³/mol. The smallest absolute Gasteiger partial charge is 0.407 e. The molecule has 0 radical (unpaired) electrons. The molecule has 0 aliphatic carbocycles. The van der Waals surface area contributed by atoms with E-state index in [9.17, 15) is 9.90 Å². The first-order valence-corrected chi connectivity index (χ1v) is 9.25. The van der Waals surface area contributed by atoms with Crippen LogP contribution in [0, 0.1) is 0 Å². The van der Waals surface area contributed by atoms with Crippen LogP contribution in [0.3, 0.4) is 0 Å². The molecule has 0 spiro atoms. The van der Waals surface area contributed by atoms with Gasteiger partial charge in [0.1, 0.15) is 0 Å². The molecule has 7 heteroatoms. The summed E-state index contributed by atoms with van der Waals surface area (Å²) in [5.41, 5.74) is 2.21. The molecule has 3 rings (SSSR count). The first-order valence-electron chi connectivity index (χ1n) is 8.87. The van der Waals surface area contributed by atoms with E-state index < -0.39 is 6.09 Å². The lowest BCUT2D eigenvalue weighted by atomic mass is 10.1. The zero-order valence-corrected chi connectivity index (χ0v) is 15.3. The number of nitrogens with zero attached hydrogens (tertiary/aromatic N) is 3. The van der Waals surface area contributed by atoms with Crippen molar-refractivity contribution in [3.63, 3.8) is 0 Å². The average molecular weight is 368 g/mol. The van der Waals surface area contributed by atoms with Crippen molar-refractivity contribution in [3.05, 3.63) is 28.8 Å². The van der Waals surface area contributed by atoms with E-state index in [1.807, 2.05) is 12.1 Å². The molecule has 2 heterocycles. The van der Waals surface area contributed by atoms with Gasteiger partial charge in [0.25, 0.3) is 0 Å². The molecule has 2 aliphatic rings. The lowest BCUT2D eigenvalue weighted by molar-refractivity contribution is 0.0712. The van der Waals surface area contributed by atoms with Gasteiger partial charge in [-0.25, -0.2) is 4.79 Å². The molecule has 1 amide bonds. The zero-order chi connectivity index (χ0) is 18.0. The fraction of sp³-hybridized carbons (Fsp3) is 0.611. The maximum absolute atomic E-state index is 11.1. The summed E-state index contributed by atoms with van der Waals surface area (Å²) in [6, 6.07) is 6.31. The number of benzene rings is 1. The average Bonchev–Trinajstić information content (AvgIpc) is 2.59. The largest absolute Gasteiger partial charge is 0.465 e. The number of halogens is 1. The third-order valence-corrected chi connectivity index (χ3v) is 5.56. The van der Waals surface area contributed by atoms with Crippen molar-refractivity contribution in [2.75, 3.05) is 37.6 Å². The van der Waals surface area contributed by atoms with Crippen molar-refractivity contribution in [1.82, 2.24) is 9.80 Å². The van der Waals surface area contributed by atoms with Gasteiger partial charge in [0, 0.05) is 45.3 Å². The van der Waals surface area contributed by atoms with Crippen molar-refractivity contribution < 1.29 is 15.0 Å². The van der Waals surface area contributed by atoms with Crippen molar-refractivity contribution in [1.29, 1.82) is 0 Å². The first-order chi connectivity index (χ1) is 11.9. The standard InChI is InChI=1S/C18H26ClN3O3/c1-13-11-22(18(24)25)9-8-21(13)12-14-2-3-16(19)17(10-14)20-6-4-15(23)5-7-20/h2-3,10,13,15,23H,4-9,11-12H2,1H3,(H,24,25). The molecule has 138 valence electrons. The Labute approximate surface area is 153 Å². The Bertz CT molecular complexity index is 620. The predicted octanol–water partition coefficient (Wildman–Crippen LogP) is 2.49. The molecule has 6 nitrogen and oxygen atoms in total. The van der Waals surface area contributed by atoms with E-state index in [0.717, 1.165) is 49.7 Å². The number of carboxylic acid groups (broad SMARTS) is 1. The number of hydrogen-bond acceptors (Lipinski definition) is 4. The summed E-state index contributed by atoms with van der Waals surface area (Å²) in [7, 11) is 0. The van der Waals surface area contributed by atoms with Gasteiger partial charge in [-0.3, -0.25) is 4.90 Å². The Hall–Kier alpha value is -1.50. The van der Waals surface area contributed by atoms with Gasteiger partial charge < -0.3 is 20.0 Å². The van der Waals surface area contributed by atoms with E-state index in [1.165, 1.54) is 10.5 Å². The molecule has 0 aromatic heterocycles. The summed E-state index contributed by atoms with van der Waals surface area (Å²) in [5.74, 6) is 0. The summed E-state index contributed by atoms with van der Waals surface area (Å²) in [6.07, 6.45) is 0.501. The Morgan fingerprint density at radius 1 is 1.24 bits per heavy atom. The van der Waals surface area contributed by atoms with Crippen LogP contribution in [0.15, 0.2) is 18.2 Å². The number of carbonyl (C=O) groups is 1. The molecular weight excluding hydrogens is 342 g/mol. The van der Waals surface area contributed by atoms with E-state index in [1.54, 1.807) is 0 Å². The quantitative estimate of drug-likeness (QED) is 0.859. The number of amides is 1. The van der Waals surface area contributed by atoms with E-state index in [-0.39, 0.29) is 12.1 Å². The van der Waals surface area contributed by atoms with Gasteiger partial charge in [-0.2, -0.15) is 0 Å². The molecule has 0 bridgehead atoms. The molecular formula is C18H26ClN3O3. The number of hydrogen-bond donors (Lipinski definition) is 2. The number of anilines is 1. The molecule has 1 aromatic rings. The molecule has 2 aliphatic heterocycles. The highest BCUT2D eigenvalue weighted by atomic mass is 35.5. The summed E-state index contributed by atoms with van der Waals surface area (Å²) >= 11 is 6.40. The van der Waals surface area contributed by atoms with Gasteiger partial charge in [-0.1, -0.05) is 17.7 Å². The number of rotatable bonds is 3. The van der Waals surface area contributed by atoms with Crippen LogP contribution >= 0.6 is 11.6 Å². The molecule has 2 fully saturated rings. The van der Waals surface area contributed by atoms with Crippen LogP contribution in [0.2, 0.25) is 5.02 Å². The zero-order valence-electron chi connectivity index (χ0n) is 14.6. The Balaban J connectivity index is 1.67. The number of piperidine rings is 1. The van der Waals surface area contributed by atoms with Crippen LogP contribution in [0.25, 0.3) is 0 Å². The van der Waals surface area contributed by atoms with Gasteiger partial charge in [-0.15, -0.1) is 0 Å². The van der Waals surface area contributed by atoms with Gasteiger partial charge in [0.15, 0.2) is 0 Å². The van der Waals surface area contributed by atoms with E-state index in [2.05, 4.69) is 22.8 Å². The van der Waals surface area contributed by atoms with Crippen LogP contribution in [0.5, 0.6) is 0 Å². The lowest BCUT2D eigenvalue weighted by Gasteiger charge is -2.39. The maximum Gasteiger partial charge on any atom is 0.407 e. The Morgan fingerprint density at radius 3 is 2.60 bits per heavy atom. The van der Waals surface area contributed by atoms with Crippen LogP contribution in [-0.2, 0) is 6.54 Å².